The second-order valence-corrected chi connectivity index (χ2v) is 8.37. The van der Waals surface area contributed by atoms with Crippen LogP contribution in [-0.4, -0.2) is 31.7 Å². The summed E-state index contributed by atoms with van der Waals surface area (Å²) in [5.41, 5.74) is 0.355. The zero-order valence-electron chi connectivity index (χ0n) is 13.2. The summed E-state index contributed by atoms with van der Waals surface area (Å²) < 4.78 is 31.7. The van der Waals surface area contributed by atoms with Gasteiger partial charge in [0.1, 0.15) is 0 Å². The van der Waals surface area contributed by atoms with Gasteiger partial charge >= 0.3 is 0 Å². The first kappa shape index (κ1) is 18.3. The van der Waals surface area contributed by atoms with Gasteiger partial charge in [-0.1, -0.05) is 29.6 Å². The minimum Gasteiger partial charge on any atom is -0.438 e. The highest BCUT2D eigenvalue weighted by Crippen LogP contribution is 2.27. The molecule has 1 aliphatic rings. The van der Waals surface area contributed by atoms with Crippen LogP contribution in [0.3, 0.4) is 0 Å². The number of piperidine rings is 1. The molecule has 0 unspecified atom stereocenters. The molecule has 0 atom stereocenters. The van der Waals surface area contributed by atoms with Crippen LogP contribution in [0.4, 0.5) is 5.69 Å². The molecule has 0 spiro atoms. The van der Waals surface area contributed by atoms with E-state index in [9.17, 15) is 13.2 Å². The van der Waals surface area contributed by atoms with Crippen molar-refractivity contribution < 1.29 is 17.6 Å². The normalized spacial score (nSPS) is 15.9. The summed E-state index contributed by atoms with van der Waals surface area (Å²) in [6, 6.07) is 7.25. The van der Waals surface area contributed by atoms with Crippen molar-refractivity contribution in [1.29, 1.82) is 0 Å². The Hall–Kier alpha value is -1.54. The molecular weight excluding hydrogens is 387 g/mol. The largest absolute Gasteiger partial charge is 0.438 e. The smallest absolute Gasteiger partial charge is 0.291 e. The van der Waals surface area contributed by atoms with Gasteiger partial charge in [-0.25, -0.2) is 8.42 Å². The second kappa shape index (κ2) is 7.37. The fraction of sp³-hybridized carbons (Fsp3) is 0.312. The molecule has 1 saturated heterocycles. The van der Waals surface area contributed by atoms with E-state index in [0.717, 1.165) is 19.3 Å². The number of amides is 1. The van der Waals surface area contributed by atoms with Gasteiger partial charge in [0.15, 0.2) is 5.76 Å². The van der Waals surface area contributed by atoms with Crippen LogP contribution in [0.1, 0.15) is 29.8 Å². The number of halogens is 2. The standard InChI is InChI=1S/C16H16Cl2N2O4S/c17-11-4-5-13(12(18)10-11)19-16(21)14-6-7-15(24-14)25(22,23)20-8-2-1-3-9-20/h4-7,10H,1-3,8-9H2,(H,19,21). The van der Waals surface area contributed by atoms with Crippen LogP contribution in [0.5, 0.6) is 0 Å². The third-order valence-electron chi connectivity index (χ3n) is 3.89. The van der Waals surface area contributed by atoms with Gasteiger partial charge in [-0.3, -0.25) is 4.79 Å². The van der Waals surface area contributed by atoms with Crippen molar-refractivity contribution >= 4 is 44.8 Å². The molecule has 3 rings (SSSR count). The Labute approximate surface area is 155 Å². The molecule has 2 heterocycles. The molecule has 1 N–H and O–H groups in total. The maximum Gasteiger partial charge on any atom is 0.291 e. The topological polar surface area (TPSA) is 79.6 Å². The summed E-state index contributed by atoms with van der Waals surface area (Å²) in [4.78, 5) is 12.3. The predicted molar refractivity (Wildman–Crippen MR) is 95.7 cm³/mol. The number of hydrogen-bond acceptors (Lipinski definition) is 4. The number of sulfonamides is 1. The molecule has 134 valence electrons. The lowest BCUT2D eigenvalue weighted by Crippen LogP contribution is -2.35. The Morgan fingerprint density at radius 1 is 1.08 bits per heavy atom. The van der Waals surface area contributed by atoms with Gasteiger partial charge in [0, 0.05) is 18.1 Å². The van der Waals surface area contributed by atoms with E-state index in [0.29, 0.717) is 23.8 Å². The van der Waals surface area contributed by atoms with Gasteiger partial charge in [-0.2, -0.15) is 4.31 Å². The molecule has 9 heteroatoms. The van der Waals surface area contributed by atoms with Crippen molar-refractivity contribution in [3.05, 3.63) is 46.1 Å². The Morgan fingerprint density at radius 3 is 2.48 bits per heavy atom. The van der Waals surface area contributed by atoms with Crippen LogP contribution in [0, 0.1) is 0 Å². The quantitative estimate of drug-likeness (QED) is 0.837. The van der Waals surface area contributed by atoms with Gasteiger partial charge in [-0.15, -0.1) is 0 Å². The molecule has 6 nitrogen and oxygen atoms in total. The van der Waals surface area contributed by atoms with Gasteiger partial charge in [-0.05, 0) is 43.2 Å². The highest BCUT2D eigenvalue weighted by Gasteiger charge is 2.29. The number of hydrogen-bond donors (Lipinski definition) is 1. The van der Waals surface area contributed by atoms with E-state index in [1.807, 2.05) is 0 Å². The predicted octanol–water partition coefficient (Wildman–Crippen LogP) is 4.01. The van der Waals surface area contributed by atoms with E-state index >= 15 is 0 Å². The summed E-state index contributed by atoms with van der Waals surface area (Å²) in [6.45, 7) is 0.926. The lowest BCUT2D eigenvalue weighted by atomic mass is 10.2. The zero-order chi connectivity index (χ0) is 18.0. The SMILES string of the molecule is O=C(Nc1ccc(Cl)cc1Cl)c1ccc(S(=O)(=O)N2CCCCC2)o1. The van der Waals surface area contributed by atoms with Crippen molar-refractivity contribution in [3.63, 3.8) is 0 Å². The van der Waals surface area contributed by atoms with E-state index in [-0.39, 0.29) is 15.9 Å². The third-order valence-corrected chi connectivity index (χ3v) is 6.21. The summed E-state index contributed by atoms with van der Waals surface area (Å²) in [6.07, 6.45) is 2.66. The van der Waals surface area contributed by atoms with E-state index in [1.165, 1.54) is 22.5 Å². The molecule has 1 aromatic heterocycles. The van der Waals surface area contributed by atoms with Crippen molar-refractivity contribution in [1.82, 2.24) is 4.31 Å². The Bertz CT molecular complexity index is 889. The molecule has 0 bridgehead atoms. The Balaban J connectivity index is 1.77. The van der Waals surface area contributed by atoms with Crippen LogP contribution < -0.4 is 5.32 Å². The minimum atomic E-state index is -3.72. The number of furan rings is 1. The molecule has 0 radical (unpaired) electrons. The molecular formula is C16H16Cl2N2O4S. The first-order chi connectivity index (χ1) is 11.9. The molecule has 25 heavy (non-hydrogen) atoms. The lowest BCUT2D eigenvalue weighted by molar-refractivity contribution is 0.0991. The average Bonchev–Trinajstić information content (AvgIpc) is 3.09. The first-order valence-corrected chi connectivity index (χ1v) is 9.94. The summed E-state index contributed by atoms with van der Waals surface area (Å²) in [7, 11) is -3.72. The van der Waals surface area contributed by atoms with Crippen LogP contribution in [0.25, 0.3) is 0 Å². The maximum absolute atomic E-state index is 12.5. The van der Waals surface area contributed by atoms with Crippen LogP contribution in [0.15, 0.2) is 39.8 Å². The Morgan fingerprint density at radius 2 is 1.80 bits per heavy atom. The summed E-state index contributed by atoms with van der Waals surface area (Å²) in [5.74, 6) is -0.703. The number of carbonyl (C=O) groups excluding carboxylic acids is 1. The lowest BCUT2D eigenvalue weighted by Gasteiger charge is -2.24. The second-order valence-electron chi connectivity index (χ2n) is 5.66. The first-order valence-electron chi connectivity index (χ1n) is 7.74. The van der Waals surface area contributed by atoms with Crippen LogP contribution in [0.2, 0.25) is 10.0 Å². The van der Waals surface area contributed by atoms with Gasteiger partial charge in [0.05, 0.1) is 10.7 Å². The van der Waals surface area contributed by atoms with E-state index in [1.54, 1.807) is 12.1 Å². The fourth-order valence-electron chi connectivity index (χ4n) is 2.59. The highest BCUT2D eigenvalue weighted by molar-refractivity contribution is 7.89. The van der Waals surface area contributed by atoms with Crippen molar-refractivity contribution in [3.8, 4) is 0 Å². The molecule has 1 aliphatic heterocycles. The fourth-order valence-corrected chi connectivity index (χ4v) is 4.47. The van der Waals surface area contributed by atoms with E-state index in [4.69, 9.17) is 27.6 Å². The monoisotopic (exact) mass is 402 g/mol. The molecule has 0 saturated carbocycles. The van der Waals surface area contributed by atoms with E-state index < -0.39 is 15.9 Å². The number of nitrogens with zero attached hydrogens (tertiary/aromatic N) is 1. The molecule has 1 aromatic carbocycles. The Kier molecular flexibility index (Phi) is 5.38. The zero-order valence-corrected chi connectivity index (χ0v) is 15.5. The van der Waals surface area contributed by atoms with Crippen LogP contribution in [-0.2, 0) is 10.0 Å². The van der Waals surface area contributed by atoms with Gasteiger partial charge in [0.2, 0.25) is 5.09 Å². The molecule has 1 fully saturated rings. The summed E-state index contributed by atoms with van der Waals surface area (Å²) >= 11 is 11.8. The van der Waals surface area contributed by atoms with Gasteiger partial charge in [0.25, 0.3) is 15.9 Å². The number of anilines is 1. The summed E-state index contributed by atoms with van der Waals surface area (Å²) in [5, 5.41) is 3.04. The molecule has 2 aromatic rings. The van der Waals surface area contributed by atoms with E-state index in [2.05, 4.69) is 5.32 Å². The molecule has 0 aliphatic carbocycles. The number of rotatable bonds is 4. The molecule has 1 amide bonds. The van der Waals surface area contributed by atoms with Crippen molar-refractivity contribution in [2.45, 2.75) is 24.4 Å². The number of benzene rings is 1. The highest BCUT2D eigenvalue weighted by atomic mass is 35.5. The minimum absolute atomic E-state index is 0.110. The number of carbonyl (C=O) groups is 1. The average molecular weight is 403 g/mol. The third kappa shape index (κ3) is 4.00. The number of nitrogens with one attached hydrogen (secondary N) is 1. The maximum atomic E-state index is 12.5. The van der Waals surface area contributed by atoms with Crippen LogP contribution >= 0.6 is 23.2 Å². The van der Waals surface area contributed by atoms with Crippen molar-refractivity contribution in [2.75, 3.05) is 18.4 Å². The van der Waals surface area contributed by atoms with Gasteiger partial charge < -0.3 is 9.73 Å². The van der Waals surface area contributed by atoms with Crippen molar-refractivity contribution in [2.24, 2.45) is 0 Å².